The van der Waals surface area contributed by atoms with Gasteiger partial charge in [0.1, 0.15) is 17.3 Å². The highest BCUT2D eigenvalue weighted by Crippen LogP contribution is 2.21. The zero-order valence-electron chi connectivity index (χ0n) is 11.5. The van der Waals surface area contributed by atoms with Crippen molar-refractivity contribution in [2.45, 2.75) is 13.0 Å². The summed E-state index contributed by atoms with van der Waals surface area (Å²) in [5.74, 6) is 0.902. The Kier molecular flexibility index (Phi) is 5.84. The standard InChI is InChI=1S/C16H17ClFNO2/c17-15-10-14(6-7-16(15)18)21-9-1-8-20-13-4-2-12(11-19)3-5-13/h2-7,10H,1,8-9,11,19H2. The molecule has 0 spiro atoms. The fraction of sp³-hybridized carbons (Fsp3) is 0.250. The van der Waals surface area contributed by atoms with Gasteiger partial charge in [0.25, 0.3) is 0 Å². The van der Waals surface area contributed by atoms with Crippen LogP contribution in [0.5, 0.6) is 11.5 Å². The summed E-state index contributed by atoms with van der Waals surface area (Å²) in [5.41, 5.74) is 6.59. The van der Waals surface area contributed by atoms with Gasteiger partial charge in [-0.3, -0.25) is 0 Å². The van der Waals surface area contributed by atoms with Gasteiger partial charge in [-0.25, -0.2) is 4.39 Å². The summed E-state index contributed by atoms with van der Waals surface area (Å²) in [5, 5.41) is 0.0590. The summed E-state index contributed by atoms with van der Waals surface area (Å²) < 4.78 is 24.0. The van der Waals surface area contributed by atoms with Crippen molar-refractivity contribution in [3.8, 4) is 11.5 Å². The molecule has 5 heteroatoms. The summed E-state index contributed by atoms with van der Waals surface area (Å²) in [6.45, 7) is 1.54. The van der Waals surface area contributed by atoms with Crippen LogP contribution in [0.15, 0.2) is 42.5 Å². The molecule has 0 aliphatic rings. The lowest BCUT2D eigenvalue weighted by molar-refractivity contribution is 0.247. The molecule has 0 heterocycles. The first-order valence-electron chi connectivity index (χ1n) is 6.68. The molecule has 0 fully saturated rings. The van der Waals surface area contributed by atoms with E-state index in [1.807, 2.05) is 24.3 Å². The molecule has 0 atom stereocenters. The second-order valence-corrected chi connectivity index (χ2v) is 4.88. The highest BCUT2D eigenvalue weighted by atomic mass is 35.5. The lowest BCUT2D eigenvalue weighted by Gasteiger charge is -2.09. The Labute approximate surface area is 128 Å². The number of hydrogen-bond acceptors (Lipinski definition) is 3. The zero-order chi connectivity index (χ0) is 15.1. The summed E-state index contributed by atoms with van der Waals surface area (Å²) in [7, 11) is 0. The minimum atomic E-state index is -0.451. The van der Waals surface area contributed by atoms with E-state index in [1.54, 1.807) is 6.07 Å². The Hall–Kier alpha value is -1.78. The predicted octanol–water partition coefficient (Wildman–Crippen LogP) is 3.79. The van der Waals surface area contributed by atoms with Crippen LogP contribution in [0.2, 0.25) is 5.02 Å². The topological polar surface area (TPSA) is 44.5 Å². The van der Waals surface area contributed by atoms with Crippen LogP contribution < -0.4 is 15.2 Å². The van der Waals surface area contributed by atoms with E-state index in [-0.39, 0.29) is 5.02 Å². The maximum Gasteiger partial charge on any atom is 0.142 e. The number of nitrogens with two attached hydrogens (primary N) is 1. The number of benzene rings is 2. The van der Waals surface area contributed by atoms with Crippen molar-refractivity contribution < 1.29 is 13.9 Å². The minimum Gasteiger partial charge on any atom is -0.493 e. The third-order valence-electron chi connectivity index (χ3n) is 2.88. The second kappa shape index (κ2) is 7.86. The molecule has 0 saturated carbocycles. The van der Waals surface area contributed by atoms with Crippen LogP contribution in [0.4, 0.5) is 4.39 Å². The summed E-state index contributed by atoms with van der Waals surface area (Å²) in [4.78, 5) is 0. The van der Waals surface area contributed by atoms with Crippen molar-refractivity contribution in [3.05, 3.63) is 58.9 Å². The fourth-order valence-corrected chi connectivity index (χ4v) is 1.90. The van der Waals surface area contributed by atoms with E-state index in [2.05, 4.69) is 0 Å². The van der Waals surface area contributed by atoms with Gasteiger partial charge in [-0.1, -0.05) is 23.7 Å². The molecule has 0 saturated heterocycles. The Morgan fingerprint density at radius 2 is 1.57 bits per heavy atom. The first kappa shape index (κ1) is 15.6. The lowest BCUT2D eigenvalue weighted by atomic mass is 10.2. The molecule has 2 aromatic carbocycles. The molecule has 0 radical (unpaired) electrons. The van der Waals surface area contributed by atoms with Crippen LogP contribution in [0.25, 0.3) is 0 Å². The van der Waals surface area contributed by atoms with Gasteiger partial charge >= 0.3 is 0 Å². The summed E-state index contributed by atoms with van der Waals surface area (Å²) in [6.07, 6.45) is 0.716. The first-order valence-corrected chi connectivity index (χ1v) is 7.06. The minimum absolute atomic E-state index is 0.0590. The van der Waals surface area contributed by atoms with Gasteiger partial charge in [-0.15, -0.1) is 0 Å². The molecule has 0 aromatic heterocycles. The van der Waals surface area contributed by atoms with E-state index in [0.29, 0.717) is 31.9 Å². The van der Waals surface area contributed by atoms with Crippen molar-refractivity contribution in [3.63, 3.8) is 0 Å². The lowest BCUT2D eigenvalue weighted by Crippen LogP contribution is -2.05. The molecular formula is C16H17ClFNO2. The van der Waals surface area contributed by atoms with Crippen molar-refractivity contribution >= 4 is 11.6 Å². The SMILES string of the molecule is NCc1ccc(OCCCOc2ccc(F)c(Cl)c2)cc1. The molecule has 2 N–H and O–H groups in total. The Morgan fingerprint density at radius 1 is 0.952 bits per heavy atom. The van der Waals surface area contributed by atoms with Crippen LogP contribution in [0, 0.1) is 5.82 Å². The molecule has 0 aliphatic carbocycles. The highest BCUT2D eigenvalue weighted by Gasteiger charge is 2.01. The number of rotatable bonds is 7. The van der Waals surface area contributed by atoms with Gasteiger partial charge in [0, 0.05) is 19.0 Å². The van der Waals surface area contributed by atoms with Gasteiger partial charge in [0.05, 0.1) is 18.2 Å². The van der Waals surface area contributed by atoms with Crippen LogP contribution >= 0.6 is 11.6 Å². The number of ether oxygens (including phenoxy) is 2. The highest BCUT2D eigenvalue weighted by molar-refractivity contribution is 6.30. The van der Waals surface area contributed by atoms with E-state index in [1.165, 1.54) is 12.1 Å². The molecule has 3 nitrogen and oxygen atoms in total. The average molecular weight is 310 g/mol. The maximum atomic E-state index is 13.0. The first-order chi connectivity index (χ1) is 10.2. The number of halogens is 2. The monoisotopic (exact) mass is 309 g/mol. The Bertz CT molecular complexity index is 575. The maximum absolute atomic E-state index is 13.0. The van der Waals surface area contributed by atoms with Gasteiger partial charge in [0.15, 0.2) is 0 Å². The number of hydrogen-bond donors (Lipinski definition) is 1. The van der Waals surface area contributed by atoms with E-state index >= 15 is 0 Å². The average Bonchev–Trinajstić information content (AvgIpc) is 2.51. The molecule has 0 aliphatic heterocycles. The van der Waals surface area contributed by atoms with Crippen molar-refractivity contribution in [1.29, 1.82) is 0 Å². The predicted molar refractivity (Wildman–Crippen MR) is 81.4 cm³/mol. The Balaban J connectivity index is 1.68. The Morgan fingerprint density at radius 3 is 2.19 bits per heavy atom. The second-order valence-electron chi connectivity index (χ2n) is 4.47. The molecular weight excluding hydrogens is 293 g/mol. The molecule has 2 aromatic rings. The van der Waals surface area contributed by atoms with Gasteiger partial charge < -0.3 is 15.2 Å². The van der Waals surface area contributed by atoms with Gasteiger partial charge in [-0.2, -0.15) is 0 Å². The van der Waals surface area contributed by atoms with Crippen LogP contribution in [-0.2, 0) is 6.54 Å². The van der Waals surface area contributed by atoms with Crippen LogP contribution in [0.1, 0.15) is 12.0 Å². The van der Waals surface area contributed by atoms with Crippen LogP contribution in [-0.4, -0.2) is 13.2 Å². The summed E-state index contributed by atoms with van der Waals surface area (Å²) >= 11 is 5.67. The zero-order valence-corrected chi connectivity index (χ0v) is 12.3. The quantitative estimate of drug-likeness (QED) is 0.792. The summed E-state index contributed by atoms with van der Waals surface area (Å²) in [6, 6.07) is 12.0. The van der Waals surface area contributed by atoms with Crippen LogP contribution in [0.3, 0.4) is 0 Å². The smallest absolute Gasteiger partial charge is 0.142 e. The van der Waals surface area contributed by atoms with E-state index in [9.17, 15) is 4.39 Å². The molecule has 0 amide bonds. The van der Waals surface area contributed by atoms with Crippen molar-refractivity contribution in [2.24, 2.45) is 5.73 Å². The molecule has 112 valence electrons. The molecule has 21 heavy (non-hydrogen) atoms. The third-order valence-corrected chi connectivity index (χ3v) is 3.17. The largest absolute Gasteiger partial charge is 0.493 e. The van der Waals surface area contributed by atoms with Gasteiger partial charge in [0.2, 0.25) is 0 Å². The molecule has 2 rings (SSSR count). The molecule has 0 unspecified atom stereocenters. The van der Waals surface area contributed by atoms with Crippen molar-refractivity contribution in [1.82, 2.24) is 0 Å². The van der Waals surface area contributed by atoms with Gasteiger partial charge in [-0.05, 0) is 29.8 Å². The third kappa shape index (κ3) is 4.92. The normalized spacial score (nSPS) is 10.4. The van der Waals surface area contributed by atoms with E-state index in [4.69, 9.17) is 26.8 Å². The van der Waals surface area contributed by atoms with E-state index in [0.717, 1.165) is 11.3 Å². The fourth-order valence-electron chi connectivity index (χ4n) is 1.73. The van der Waals surface area contributed by atoms with E-state index < -0.39 is 5.82 Å². The molecule has 0 bridgehead atoms. The van der Waals surface area contributed by atoms with Crippen molar-refractivity contribution in [2.75, 3.05) is 13.2 Å².